The largest absolute Gasteiger partial charge is 0.379 e. The van der Waals surface area contributed by atoms with Gasteiger partial charge in [-0.15, -0.1) is 0 Å². The SMILES string of the molecule is CCc1ccc(C(CCOC(C)C)NC)cc1. The Morgan fingerprint density at radius 1 is 1.18 bits per heavy atom. The summed E-state index contributed by atoms with van der Waals surface area (Å²) in [5.74, 6) is 0. The van der Waals surface area contributed by atoms with Crippen LogP contribution in [-0.2, 0) is 11.2 Å². The summed E-state index contributed by atoms with van der Waals surface area (Å²) in [7, 11) is 2.01. The molecule has 1 rings (SSSR count). The molecule has 0 aliphatic carbocycles. The van der Waals surface area contributed by atoms with E-state index in [0.29, 0.717) is 12.1 Å². The lowest BCUT2D eigenvalue weighted by Crippen LogP contribution is -2.19. The number of aryl methyl sites for hydroxylation is 1. The molecule has 0 radical (unpaired) electrons. The molecule has 0 saturated carbocycles. The van der Waals surface area contributed by atoms with Crippen LogP contribution in [-0.4, -0.2) is 19.8 Å². The lowest BCUT2D eigenvalue weighted by Gasteiger charge is -2.18. The van der Waals surface area contributed by atoms with Crippen LogP contribution in [0.2, 0.25) is 0 Å². The minimum absolute atomic E-state index is 0.315. The molecular formula is C15H25NO. The molecule has 0 amide bonds. The van der Waals surface area contributed by atoms with Gasteiger partial charge in [-0.2, -0.15) is 0 Å². The zero-order chi connectivity index (χ0) is 12.7. The van der Waals surface area contributed by atoms with Crippen molar-refractivity contribution < 1.29 is 4.74 Å². The highest BCUT2D eigenvalue weighted by Crippen LogP contribution is 2.17. The first-order chi connectivity index (χ1) is 8.17. The molecule has 96 valence electrons. The molecule has 0 aliphatic heterocycles. The number of nitrogens with one attached hydrogen (secondary N) is 1. The van der Waals surface area contributed by atoms with Crippen molar-refractivity contribution in [1.82, 2.24) is 5.32 Å². The second-order valence-electron chi connectivity index (χ2n) is 4.64. The average molecular weight is 235 g/mol. The number of rotatable bonds is 7. The first-order valence-electron chi connectivity index (χ1n) is 6.55. The lowest BCUT2D eigenvalue weighted by molar-refractivity contribution is 0.0719. The zero-order valence-electron chi connectivity index (χ0n) is 11.5. The van der Waals surface area contributed by atoms with Crippen molar-refractivity contribution in [3.05, 3.63) is 35.4 Å². The van der Waals surface area contributed by atoms with Gasteiger partial charge in [0.05, 0.1) is 6.10 Å². The van der Waals surface area contributed by atoms with E-state index in [2.05, 4.69) is 50.4 Å². The Labute approximate surface area is 105 Å². The number of hydrogen-bond acceptors (Lipinski definition) is 2. The van der Waals surface area contributed by atoms with E-state index < -0.39 is 0 Å². The Hall–Kier alpha value is -0.860. The van der Waals surface area contributed by atoms with Crippen molar-refractivity contribution in [3.8, 4) is 0 Å². The second kappa shape index (κ2) is 7.46. The van der Waals surface area contributed by atoms with Gasteiger partial charge in [0.2, 0.25) is 0 Å². The Bertz CT molecular complexity index is 305. The third kappa shape index (κ3) is 4.88. The molecule has 2 heteroatoms. The van der Waals surface area contributed by atoms with Gasteiger partial charge in [0, 0.05) is 12.6 Å². The first kappa shape index (κ1) is 14.2. The molecule has 0 spiro atoms. The fraction of sp³-hybridized carbons (Fsp3) is 0.600. The minimum Gasteiger partial charge on any atom is -0.379 e. The van der Waals surface area contributed by atoms with Crippen molar-refractivity contribution in [2.75, 3.05) is 13.7 Å². The third-order valence-corrected chi connectivity index (χ3v) is 3.00. The summed E-state index contributed by atoms with van der Waals surface area (Å²) in [6, 6.07) is 9.25. The van der Waals surface area contributed by atoms with Gasteiger partial charge in [0.1, 0.15) is 0 Å². The van der Waals surface area contributed by atoms with Crippen LogP contribution in [0.15, 0.2) is 24.3 Å². The normalized spacial score (nSPS) is 13.0. The quantitative estimate of drug-likeness (QED) is 0.782. The maximum absolute atomic E-state index is 5.60. The van der Waals surface area contributed by atoms with E-state index in [4.69, 9.17) is 4.74 Å². The molecule has 0 aromatic heterocycles. The second-order valence-corrected chi connectivity index (χ2v) is 4.64. The molecule has 1 aromatic rings. The number of ether oxygens (including phenoxy) is 1. The van der Waals surface area contributed by atoms with Crippen molar-refractivity contribution in [3.63, 3.8) is 0 Å². The predicted octanol–water partition coefficient (Wildman–Crippen LogP) is 3.32. The standard InChI is InChI=1S/C15H25NO/c1-5-13-6-8-14(9-7-13)15(16-4)10-11-17-12(2)3/h6-9,12,15-16H,5,10-11H2,1-4H3. The monoisotopic (exact) mass is 235 g/mol. The van der Waals surface area contributed by atoms with Gasteiger partial charge in [-0.1, -0.05) is 31.2 Å². The molecule has 17 heavy (non-hydrogen) atoms. The molecule has 1 aromatic carbocycles. The Balaban J connectivity index is 2.53. The van der Waals surface area contributed by atoms with Crippen LogP contribution in [0, 0.1) is 0 Å². The molecule has 0 heterocycles. The lowest BCUT2D eigenvalue weighted by atomic mass is 10.0. The van der Waals surface area contributed by atoms with Crippen molar-refractivity contribution in [1.29, 1.82) is 0 Å². The highest BCUT2D eigenvalue weighted by molar-refractivity contribution is 5.24. The fourth-order valence-electron chi connectivity index (χ4n) is 1.88. The smallest absolute Gasteiger partial charge is 0.0518 e. The summed E-state index contributed by atoms with van der Waals surface area (Å²) < 4.78 is 5.60. The van der Waals surface area contributed by atoms with E-state index in [-0.39, 0.29) is 0 Å². The van der Waals surface area contributed by atoms with E-state index in [1.165, 1.54) is 11.1 Å². The molecule has 0 fully saturated rings. The van der Waals surface area contributed by atoms with Gasteiger partial charge in [0.15, 0.2) is 0 Å². The zero-order valence-corrected chi connectivity index (χ0v) is 11.5. The molecule has 0 saturated heterocycles. The van der Waals surface area contributed by atoms with Crippen molar-refractivity contribution in [2.24, 2.45) is 0 Å². The molecule has 1 N–H and O–H groups in total. The van der Waals surface area contributed by atoms with Gasteiger partial charge < -0.3 is 10.1 Å². The Morgan fingerprint density at radius 2 is 1.82 bits per heavy atom. The van der Waals surface area contributed by atoms with Crippen LogP contribution in [0.5, 0.6) is 0 Å². The van der Waals surface area contributed by atoms with Crippen molar-refractivity contribution in [2.45, 2.75) is 45.8 Å². The number of hydrogen-bond donors (Lipinski definition) is 1. The minimum atomic E-state index is 0.315. The van der Waals surface area contributed by atoms with E-state index in [1.54, 1.807) is 0 Å². The highest BCUT2D eigenvalue weighted by atomic mass is 16.5. The van der Waals surface area contributed by atoms with Crippen molar-refractivity contribution >= 4 is 0 Å². The molecule has 1 atom stereocenters. The van der Waals surface area contributed by atoms with Crippen LogP contribution in [0.4, 0.5) is 0 Å². The van der Waals surface area contributed by atoms with Gasteiger partial charge in [-0.3, -0.25) is 0 Å². The molecule has 2 nitrogen and oxygen atoms in total. The number of benzene rings is 1. The predicted molar refractivity (Wildman–Crippen MR) is 73.3 cm³/mol. The van der Waals surface area contributed by atoms with Gasteiger partial charge in [-0.05, 0) is 44.9 Å². The summed E-state index contributed by atoms with van der Waals surface area (Å²) in [5.41, 5.74) is 2.74. The summed E-state index contributed by atoms with van der Waals surface area (Å²) in [5, 5.41) is 3.35. The van der Waals surface area contributed by atoms with E-state index in [0.717, 1.165) is 19.4 Å². The van der Waals surface area contributed by atoms with E-state index >= 15 is 0 Å². The molecule has 1 unspecified atom stereocenters. The topological polar surface area (TPSA) is 21.3 Å². The Kier molecular flexibility index (Phi) is 6.23. The van der Waals surface area contributed by atoms with Gasteiger partial charge >= 0.3 is 0 Å². The van der Waals surface area contributed by atoms with Crippen LogP contribution >= 0.6 is 0 Å². The van der Waals surface area contributed by atoms with Crippen LogP contribution in [0.3, 0.4) is 0 Å². The third-order valence-electron chi connectivity index (χ3n) is 3.00. The van der Waals surface area contributed by atoms with Crippen LogP contribution < -0.4 is 5.32 Å². The highest BCUT2D eigenvalue weighted by Gasteiger charge is 2.09. The average Bonchev–Trinajstić information content (AvgIpc) is 2.34. The van der Waals surface area contributed by atoms with E-state index in [9.17, 15) is 0 Å². The van der Waals surface area contributed by atoms with E-state index in [1.807, 2.05) is 7.05 Å². The summed E-state index contributed by atoms with van der Waals surface area (Å²) >= 11 is 0. The Morgan fingerprint density at radius 3 is 2.29 bits per heavy atom. The summed E-state index contributed by atoms with van der Waals surface area (Å²) in [4.78, 5) is 0. The first-order valence-corrected chi connectivity index (χ1v) is 6.55. The van der Waals surface area contributed by atoms with Gasteiger partial charge in [-0.25, -0.2) is 0 Å². The van der Waals surface area contributed by atoms with Crippen LogP contribution in [0.25, 0.3) is 0 Å². The maximum atomic E-state index is 5.60. The maximum Gasteiger partial charge on any atom is 0.0518 e. The fourth-order valence-corrected chi connectivity index (χ4v) is 1.88. The van der Waals surface area contributed by atoms with Gasteiger partial charge in [0.25, 0.3) is 0 Å². The van der Waals surface area contributed by atoms with Crippen LogP contribution in [0.1, 0.15) is 44.4 Å². The summed E-state index contributed by atoms with van der Waals surface area (Å²) in [6.45, 7) is 7.13. The molecule has 0 bridgehead atoms. The molecule has 0 aliphatic rings. The molecular weight excluding hydrogens is 210 g/mol. The summed E-state index contributed by atoms with van der Waals surface area (Å²) in [6.07, 6.45) is 2.43.